The van der Waals surface area contributed by atoms with E-state index in [-0.39, 0.29) is 0 Å². The molecule has 1 aromatic carbocycles. The van der Waals surface area contributed by atoms with Crippen molar-refractivity contribution in [1.29, 1.82) is 0 Å². The van der Waals surface area contributed by atoms with E-state index in [1.165, 1.54) is 0 Å². The topological polar surface area (TPSA) is 59.1 Å². The summed E-state index contributed by atoms with van der Waals surface area (Å²) in [7, 11) is 0. The zero-order valence-corrected chi connectivity index (χ0v) is 12.1. The largest absolute Gasteiger partial charge is 0.494 e. The summed E-state index contributed by atoms with van der Waals surface area (Å²) in [5, 5.41) is 6.49. The second-order valence-corrected chi connectivity index (χ2v) is 4.67. The van der Waals surface area contributed by atoms with Gasteiger partial charge in [-0.05, 0) is 45.0 Å². The van der Waals surface area contributed by atoms with Crippen LogP contribution >= 0.6 is 0 Å². The van der Waals surface area contributed by atoms with Crippen LogP contribution in [0.3, 0.4) is 0 Å². The predicted octanol–water partition coefficient (Wildman–Crippen LogP) is 3.44. The maximum atomic E-state index is 5.41. The molecule has 2 N–H and O–H groups in total. The normalized spacial score (nSPS) is 10.4. The van der Waals surface area contributed by atoms with E-state index in [2.05, 4.69) is 34.4 Å². The first-order chi connectivity index (χ1) is 9.67. The van der Waals surface area contributed by atoms with Gasteiger partial charge in [0.2, 0.25) is 0 Å². The number of ether oxygens (including phenoxy) is 1. The molecule has 0 amide bonds. The lowest BCUT2D eigenvalue weighted by Crippen LogP contribution is -2.11. The fourth-order valence-corrected chi connectivity index (χ4v) is 1.75. The summed E-state index contributed by atoms with van der Waals surface area (Å²) in [5.74, 6) is 2.43. The highest BCUT2D eigenvalue weighted by Crippen LogP contribution is 2.20. The second-order valence-electron chi connectivity index (χ2n) is 4.67. The number of rotatable bonds is 6. The molecular formula is C15H20N4O. The number of benzene rings is 1. The Bertz CT molecular complexity index is 540. The summed E-state index contributed by atoms with van der Waals surface area (Å²) in [6.45, 7) is 6.78. The third-order valence-corrected chi connectivity index (χ3v) is 2.54. The molecule has 0 saturated carbocycles. The van der Waals surface area contributed by atoms with Crippen molar-refractivity contribution in [3.05, 3.63) is 36.7 Å². The van der Waals surface area contributed by atoms with E-state index < -0.39 is 0 Å². The van der Waals surface area contributed by atoms with Crippen LogP contribution in [0.2, 0.25) is 0 Å². The van der Waals surface area contributed by atoms with Gasteiger partial charge in [-0.2, -0.15) is 0 Å². The molecule has 0 aliphatic heterocycles. The van der Waals surface area contributed by atoms with E-state index in [0.29, 0.717) is 12.6 Å². The molecular weight excluding hydrogens is 252 g/mol. The molecule has 1 aromatic heterocycles. The van der Waals surface area contributed by atoms with E-state index in [9.17, 15) is 0 Å². The number of hydrogen-bond acceptors (Lipinski definition) is 5. The van der Waals surface area contributed by atoms with E-state index in [0.717, 1.165) is 23.1 Å². The first-order valence-electron chi connectivity index (χ1n) is 6.76. The van der Waals surface area contributed by atoms with Gasteiger partial charge in [-0.3, -0.25) is 0 Å². The van der Waals surface area contributed by atoms with Crippen LogP contribution in [0.5, 0.6) is 5.75 Å². The Morgan fingerprint density at radius 2 is 1.80 bits per heavy atom. The van der Waals surface area contributed by atoms with Gasteiger partial charge in [0.05, 0.1) is 6.61 Å². The van der Waals surface area contributed by atoms with E-state index >= 15 is 0 Å². The molecule has 0 radical (unpaired) electrons. The van der Waals surface area contributed by atoms with Gasteiger partial charge in [-0.25, -0.2) is 9.97 Å². The predicted molar refractivity (Wildman–Crippen MR) is 81.7 cm³/mol. The summed E-state index contributed by atoms with van der Waals surface area (Å²) in [5.41, 5.74) is 0.961. The van der Waals surface area contributed by atoms with Crippen molar-refractivity contribution in [2.45, 2.75) is 26.8 Å². The maximum Gasteiger partial charge on any atom is 0.135 e. The molecule has 106 valence electrons. The van der Waals surface area contributed by atoms with E-state index in [1.54, 1.807) is 6.33 Å². The van der Waals surface area contributed by atoms with Gasteiger partial charge in [0.15, 0.2) is 0 Å². The Kier molecular flexibility index (Phi) is 4.76. The lowest BCUT2D eigenvalue weighted by Gasteiger charge is -2.11. The number of nitrogens with zero attached hydrogens (tertiary/aromatic N) is 2. The third kappa shape index (κ3) is 4.12. The zero-order chi connectivity index (χ0) is 14.4. The molecule has 5 heteroatoms. The van der Waals surface area contributed by atoms with Gasteiger partial charge < -0.3 is 15.4 Å². The summed E-state index contributed by atoms with van der Waals surface area (Å²) in [4.78, 5) is 8.38. The molecule has 5 nitrogen and oxygen atoms in total. The molecule has 0 saturated heterocycles. The number of aromatic nitrogens is 2. The first kappa shape index (κ1) is 14.1. The third-order valence-electron chi connectivity index (χ3n) is 2.54. The molecule has 2 rings (SSSR count). The minimum atomic E-state index is 0.336. The summed E-state index contributed by atoms with van der Waals surface area (Å²) >= 11 is 0. The average Bonchev–Trinajstić information content (AvgIpc) is 2.41. The highest BCUT2D eigenvalue weighted by molar-refractivity contribution is 5.59. The van der Waals surface area contributed by atoms with Crippen molar-refractivity contribution in [3.63, 3.8) is 0 Å². The van der Waals surface area contributed by atoms with Crippen LogP contribution in [-0.4, -0.2) is 22.6 Å². The number of anilines is 3. The van der Waals surface area contributed by atoms with Crippen molar-refractivity contribution in [2.75, 3.05) is 17.2 Å². The molecule has 0 aliphatic rings. The Morgan fingerprint density at radius 3 is 2.45 bits per heavy atom. The molecule has 0 spiro atoms. The second kappa shape index (κ2) is 6.75. The fraction of sp³-hybridized carbons (Fsp3) is 0.333. The Labute approximate surface area is 119 Å². The van der Waals surface area contributed by atoms with Crippen LogP contribution in [-0.2, 0) is 0 Å². The molecule has 1 heterocycles. The molecule has 0 atom stereocenters. The quantitative estimate of drug-likeness (QED) is 0.843. The fourth-order valence-electron chi connectivity index (χ4n) is 1.75. The lowest BCUT2D eigenvalue weighted by atomic mass is 10.3. The van der Waals surface area contributed by atoms with Crippen LogP contribution in [0.4, 0.5) is 17.3 Å². The summed E-state index contributed by atoms with van der Waals surface area (Å²) < 4.78 is 5.41. The molecule has 0 unspecified atom stereocenters. The summed E-state index contributed by atoms with van der Waals surface area (Å²) in [6.07, 6.45) is 1.54. The first-order valence-corrected chi connectivity index (χ1v) is 6.76. The SMILES string of the molecule is CCOc1ccc(Nc2cc(NC(C)C)ncn2)cc1. The van der Waals surface area contributed by atoms with Gasteiger partial charge in [0.1, 0.15) is 23.7 Å². The molecule has 0 bridgehead atoms. The minimum absolute atomic E-state index is 0.336. The Morgan fingerprint density at radius 1 is 1.10 bits per heavy atom. The van der Waals surface area contributed by atoms with Crippen molar-refractivity contribution in [3.8, 4) is 5.75 Å². The van der Waals surface area contributed by atoms with Crippen molar-refractivity contribution < 1.29 is 4.74 Å². The van der Waals surface area contributed by atoms with Gasteiger partial charge in [0.25, 0.3) is 0 Å². The highest BCUT2D eigenvalue weighted by Gasteiger charge is 2.01. The Hall–Kier alpha value is -2.30. The standard InChI is InChI=1S/C15H20N4O/c1-4-20-13-7-5-12(6-8-13)19-15-9-14(16-10-17-15)18-11(2)3/h5-11H,4H2,1-3H3,(H2,16,17,18,19). The number of hydrogen-bond donors (Lipinski definition) is 2. The van der Waals surface area contributed by atoms with Crippen LogP contribution in [0.15, 0.2) is 36.7 Å². The van der Waals surface area contributed by atoms with Gasteiger partial charge in [0, 0.05) is 17.8 Å². The zero-order valence-electron chi connectivity index (χ0n) is 12.1. The van der Waals surface area contributed by atoms with Crippen LogP contribution in [0.25, 0.3) is 0 Å². The lowest BCUT2D eigenvalue weighted by molar-refractivity contribution is 0.340. The molecule has 0 fully saturated rings. The smallest absolute Gasteiger partial charge is 0.135 e. The van der Waals surface area contributed by atoms with Crippen molar-refractivity contribution in [2.24, 2.45) is 0 Å². The molecule has 20 heavy (non-hydrogen) atoms. The molecule has 2 aromatic rings. The van der Waals surface area contributed by atoms with Gasteiger partial charge in [-0.15, -0.1) is 0 Å². The monoisotopic (exact) mass is 272 g/mol. The minimum Gasteiger partial charge on any atom is -0.494 e. The Balaban J connectivity index is 2.05. The maximum absolute atomic E-state index is 5.41. The molecule has 0 aliphatic carbocycles. The average molecular weight is 272 g/mol. The van der Waals surface area contributed by atoms with Crippen LogP contribution in [0.1, 0.15) is 20.8 Å². The van der Waals surface area contributed by atoms with E-state index in [4.69, 9.17) is 4.74 Å². The highest BCUT2D eigenvalue weighted by atomic mass is 16.5. The number of nitrogens with one attached hydrogen (secondary N) is 2. The van der Waals surface area contributed by atoms with Gasteiger partial charge >= 0.3 is 0 Å². The summed E-state index contributed by atoms with van der Waals surface area (Å²) in [6, 6.07) is 10.0. The van der Waals surface area contributed by atoms with Crippen LogP contribution < -0.4 is 15.4 Å². The van der Waals surface area contributed by atoms with Crippen molar-refractivity contribution in [1.82, 2.24) is 9.97 Å². The van der Waals surface area contributed by atoms with E-state index in [1.807, 2.05) is 37.3 Å². The van der Waals surface area contributed by atoms with Gasteiger partial charge in [-0.1, -0.05) is 0 Å². The van der Waals surface area contributed by atoms with Crippen LogP contribution in [0, 0.1) is 0 Å². The van der Waals surface area contributed by atoms with Crippen molar-refractivity contribution >= 4 is 17.3 Å².